The molecule has 0 aliphatic carbocycles. The molecule has 0 radical (unpaired) electrons. The van der Waals surface area contributed by atoms with Gasteiger partial charge >= 0.3 is 0 Å². The van der Waals surface area contributed by atoms with E-state index in [1.54, 1.807) is 0 Å². The fourth-order valence-electron chi connectivity index (χ4n) is 2.79. The van der Waals surface area contributed by atoms with Crippen LogP contribution in [0.2, 0.25) is 0 Å². The summed E-state index contributed by atoms with van der Waals surface area (Å²) in [6, 6.07) is 1.02. The van der Waals surface area contributed by atoms with Crippen LogP contribution < -0.4 is 10.6 Å². The molecule has 0 bridgehead atoms. The van der Waals surface area contributed by atoms with Crippen molar-refractivity contribution in [3.8, 4) is 0 Å². The summed E-state index contributed by atoms with van der Waals surface area (Å²) in [5, 5.41) is 7.04. The number of nitrogens with one attached hydrogen (secondary N) is 2. The van der Waals surface area contributed by atoms with E-state index in [4.69, 9.17) is 14.2 Å². The first-order chi connectivity index (χ1) is 9.84. The Kier molecular flexibility index (Phi) is 7.83. The third kappa shape index (κ3) is 6.50. The van der Waals surface area contributed by atoms with Gasteiger partial charge in [-0.25, -0.2) is 0 Å². The highest BCUT2D eigenvalue weighted by molar-refractivity contribution is 4.75. The van der Waals surface area contributed by atoms with E-state index in [0.29, 0.717) is 18.2 Å². The summed E-state index contributed by atoms with van der Waals surface area (Å²) < 4.78 is 16.6. The zero-order valence-corrected chi connectivity index (χ0v) is 12.7. The molecule has 3 unspecified atom stereocenters. The fraction of sp³-hybridized carbons (Fsp3) is 1.00. The van der Waals surface area contributed by atoms with Crippen LogP contribution in [0.3, 0.4) is 0 Å². The van der Waals surface area contributed by atoms with Crippen LogP contribution in [-0.2, 0) is 14.2 Å². The van der Waals surface area contributed by atoms with Gasteiger partial charge in [-0.15, -0.1) is 0 Å². The Balaban J connectivity index is 1.39. The second kappa shape index (κ2) is 9.68. The summed E-state index contributed by atoms with van der Waals surface area (Å²) in [5.41, 5.74) is 0. The first-order valence-electron chi connectivity index (χ1n) is 8.08. The summed E-state index contributed by atoms with van der Waals surface area (Å²) in [6.07, 6.45) is 4.87. The van der Waals surface area contributed by atoms with Gasteiger partial charge in [0.25, 0.3) is 0 Å². The molecule has 2 N–H and O–H groups in total. The van der Waals surface area contributed by atoms with Crippen molar-refractivity contribution in [1.29, 1.82) is 0 Å². The summed E-state index contributed by atoms with van der Waals surface area (Å²) in [5.74, 6) is 0. The van der Waals surface area contributed by atoms with Gasteiger partial charge < -0.3 is 24.8 Å². The zero-order chi connectivity index (χ0) is 14.0. The molecular formula is C15H30N2O3. The maximum absolute atomic E-state index is 5.65. The van der Waals surface area contributed by atoms with Gasteiger partial charge in [-0.1, -0.05) is 0 Å². The lowest BCUT2D eigenvalue weighted by Crippen LogP contribution is -2.45. The van der Waals surface area contributed by atoms with Crippen molar-refractivity contribution in [2.45, 2.75) is 50.8 Å². The lowest BCUT2D eigenvalue weighted by molar-refractivity contribution is 0.0165. The molecule has 0 aromatic heterocycles. The highest BCUT2D eigenvalue weighted by Crippen LogP contribution is 2.11. The van der Waals surface area contributed by atoms with Crippen LogP contribution >= 0.6 is 0 Å². The Morgan fingerprint density at radius 3 is 3.10 bits per heavy atom. The second-order valence-corrected chi connectivity index (χ2v) is 5.88. The van der Waals surface area contributed by atoms with Crippen molar-refractivity contribution in [2.24, 2.45) is 0 Å². The normalized spacial score (nSPS) is 28.6. The molecule has 3 atom stereocenters. The molecule has 2 saturated heterocycles. The molecule has 0 amide bonds. The average molecular weight is 286 g/mol. The third-order valence-electron chi connectivity index (χ3n) is 3.92. The van der Waals surface area contributed by atoms with Crippen molar-refractivity contribution < 1.29 is 14.2 Å². The maximum atomic E-state index is 5.65. The van der Waals surface area contributed by atoms with Crippen molar-refractivity contribution in [3.63, 3.8) is 0 Å². The molecule has 5 heteroatoms. The SMILES string of the molecule is CC(CC1COCCN1)NCCCOCC1CCCO1. The molecule has 2 aliphatic rings. The molecule has 0 aromatic rings. The highest BCUT2D eigenvalue weighted by Gasteiger charge is 2.16. The van der Waals surface area contributed by atoms with Crippen molar-refractivity contribution >= 4 is 0 Å². The van der Waals surface area contributed by atoms with Crippen LogP contribution in [0.25, 0.3) is 0 Å². The largest absolute Gasteiger partial charge is 0.379 e. The molecule has 2 aliphatic heterocycles. The van der Waals surface area contributed by atoms with Gasteiger partial charge in [-0.05, 0) is 39.2 Å². The number of morpholine rings is 1. The van der Waals surface area contributed by atoms with Crippen LogP contribution in [-0.4, -0.2) is 64.3 Å². The minimum absolute atomic E-state index is 0.347. The van der Waals surface area contributed by atoms with E-state index in [-0.39, 0.29) is 0 Å². The summed E-state index contributed by atoms with van der Waals surface area (Å²) in [7, 11) is 0. The Hall–Kier alpha value is -0.200. The van der Waals surface area contributed by atoms with Crippen LogP contribution in [0.4, 0.5) is 0 Å². The molecule has 0 spiro atoms. The zero-order valence-electron chi connectivity index (χ0n) is 12.7. The maximum Gasteiger partial charge on any atom is 0.0809 e. The number of hydrogen-bond donors (Lipinski definition) is 2. The minimum Gasteiger partial charge on any atom is -0.379 e. The molecule has 5 nitrogen and oxygen atoms in total. The van der Waals surface area contributed by atoms with E-state index in [0.717, 1.165) is 65.4 Å². The van der Waals surface area contributed by atoms with Gasteiger partial charge in [0, 0.05) is 31.8 Å². The third-order valence-corrected chi connectivity index (χ3v) is 3.92. The van der Waals surface area contributed by atoms with Crippen LogP contribution in [0.5, 0.6) is 0 Å². The van der Waals surface area contributed by atoms with Gasteiger partial charge in [-0.2, -0.15) is 0 Å². The summed E-state index contributed by atoms with van der Waals surface area (Å²) >= 11 is 0. The minimum atomic E-state index is 0.347. The molecule has 0 saturated carbocycles. The molecular weight excluding hydrogens is 256 g/mol. The monoisotopic (exact) mass is 286 g/mol. The summed E-state index contributed by atoms with van der Waals surface area (Å²) in [6.45, 7) is 8.42. The van der Waals surface area contributed by atoms with Gasteiger partial charge in [0.15, 0.2) is 0 Å². The van der Waals surface area contributed by atoms with Crippen molar-refractivity contribution in [3.05, 3.63) is 0 Å². The number of ether oxygens (including phenoxy) is 3. The van der Waals surface area contributed by atoms with E-state index >= 15 is 0 Å². The summed E-state index contributed by atoms with van der Waals surface area (Å²) in [4.78, 5) is 0. The Bertz CT molecular complexity index is 241. The average Bonchev–Trinajstić information content (AvgIpc) is 2.97. The molecule has 20 heavy (non-hydrogen) atoms. The highest BCUT2D eigenvalue weighted by atomic mass is 16.5. The van der Waals surface area contributed by atoms with E-state index in [1.807, 2.05) is 0 Å². The standard InChI is InChI=1S/C15H30N2O3/c1-13(10-14-11-19-9-6-17-14)16-5-3-7-18-12-15-4-2-8-20-15/h13-17H,2-12H2,1H3. The van der Waals surface area contributed by atoms with Gasteiger partial charge in [0.1, 0.15) is 0 Å². The lowest BCUT2D eigenvalue weighted by Gasteiger charge is -2.26. The van der Waals surface area contributed by atoms with Gasteiger partial charge in [0.2, 0.25) is 0 Å². The molecule has 2 rings (SSSR count). The molecule has 2 heterocycles. The fourth-order valence-corrected chi connectivity index (χ4v) is 2.79. The molecule has 2 fully saturated rings. The van der Waals surface area contributed by atoms with Gasteiger partial charge in [0.05, 0.1) is 25.9 Å². The van der Waals surface area contributed by atoms with E-state index in [1.165, 1.54) is 6.42 Å². The van der Waals surface area contributed by atoms with E-state index in [9.17, 15) is 0 Å². The molecule has 0 aromatic carbocycles. The lowest BCUT2D eigenvalue weighted by atomic mass is 10.1. The molecule has 118 valence electrons. The Morgan fingerprint density at radius 2 is 2.35 bits per heavy atom. The number of hydrogen-bond acceptors (Lipinski definition) is 5. The van der Waals surface area contributed by atoms with Crippen LogP contribution in [0.1, 0.15) is 32.6 Å². The van der Waals surface area contributed by atoms with E-state index < -0.39 is 0 Å². The van der Waals surface area contributed by atoms with Crippen LogP contribution in [0.15, 0.2) is 0 Å². The van der Waals surface area contributed by atoms with Crippen molar-refractivity contribution in [1.82, 2.24) is 10.6 Å². The quantitative estimate of drug-likeness (QED) is 0.618. The smallest absolute Gasteiger partial charge is 0.0809 e. The van der Waals surface area contributed by atoms with E-state index in [2.05, 4.69) is 17.6 Å². The predicted octanol–water partition coefficient (Wildman–Crippen LogP) is 0.929. The Morgan fingerprint density at radius 1 is 1.40 bits per heavy atom. The van der Waals surface area contributed by atoms with Gasteiger partial charge in [-0.3, -0.25) is 0 Å². The topological polar surface area (TPSA) is 51.8 Å². The first-order valence-corrected chi connectivity index (χ1v) is 8.08. The predicted molar refractivity (Wildman–Crippen MR) is 79.1 cm³/mol. The Labute approximate surface area is 122 Å². The second-order valence-electron chi connectivity index (χ2n) is 5.88. The first kappa shape index (κ1) is 16.2. The van der Waals surface area contributed by atoms with Crippen LogP contribution in [0, 0.1) is 0 Å². The van der Waals surface area contributed by atoms with Crippen molar-refractivity contribution in [2.75, 3.05) is 46.1 Å². The number of rotatable bonds is 9.